The number of H-pyrrole nitrogens is 1. The molecule has 1 aromatic carbocycles. The van der Waals surface area contributed by atoms with Crippen LogP contribution in [0.15, 0.2) is 33.4 Å². The second-order valence-corrected chi connectivity index (χ2v) is 5.85. The fourth-order valence-corrected chi connectivity index (χ4v) is 2.57. The van der Waals surface area contributed by atoms with E-state index in [2.05, 4.69) is 26.2 Å². The number of amides is 1. The summed E-state index contributed by atoms with van der Waals surface area (Å²) in [4.78, 5) is 39.2. The maximum Gasteiger partial charge on any atom is 0.377 e. The molecule has 0 radical (unpaired) electrons. The van der Waals surface area contributed by atoms with Crippen molar-refractivity contribution in [2.45, 2.75) is 19.5 Å². The Morgan fingerprint density at radius 3 is 2.96 bits per heavy atom. The Hall–Kier alpha value is -3.92. The lowest BCUT2D eigenvalue weighted by atomic mass is 10.2. The van der Waals surface area contributed by atoms with Gasteiger partial charge in [-0.2, -0.15) is 9.93 Å². The Labute approximate surface area is 151 Å². The molecular weight excluding hydrogens is 355 g/mol. The van der Waals surface area contributed by atoms with Gasteiger partial charge in [-0.1, -0.05) is 0 Å². The van der Waals surface area contributed by atoms with Crippen LogP contribution in [0.3, 0.4) is 0 Å². The van der Waals surface area contributed by atoms with E-state index in [0.717, 1.165) is 12.1 Å². The van der Waals surface area contributed by atoms with E-state index in [1.165, 1.54) is 6.07 Å². The van der Waals surface area contributed by atoms with Crippen molar-refractivity contribution in [3.8, 4) is 6.07 Å². The molecule has 9 nitrogen and oxygen atoms in total. The lowest BCUT2D eigenvalue weighted by molar-refractivity contribution is -0.122. The SMILES string of the molecule is C[C@H](NC(=O)Cn1c(=O)[nH]c2ccc(F)cc2c1=O)C1=[N+]=C=C(C#N)CN1. The molecule has 1 aromatic heterocycles. The third-order valence-corrected chi connectivity index (χ3v) is 3.93. The molecule has 0 aliphatic carbocycles. The van der Waals surface area contributed by atoms with Gasteiger partial charge in [-0.05, 0) is 25.1 Å². The zero-order valence-electron chi connectivity index (χ0n) is 14.2. The molecule has 27 heavy (non-hydrogen) atoms. The zero-order chi connectivity index (χ0) is 19.6. The highest BCUT2D eigenvalue weighted by Crippen LogP contribution is 2.07. The van der Waals surface area contributed by atoms with Gasteiger partial charge in [-0.3, -0.25) is 19.5 Å². The van der Waals surface area contributed by atoms with E-state index < -0.39 is 35.6 Å². The molecule has 0 fully saturated rings. The van der Waals surface area contributed by atoms with Gasteiger partial charge in [0.1, 0.15) is 31.0 Å². The van der Waals surface area contributed by atoms with Crippen LogP contribution < -0.4 is 26.6 Å². The molecule has 0 spiro atoms. The maximum absolute atomic E-state index is 13.4. The third-order valence-electron chi connectivity index (χ3n) is 3.93. The Kier molecular flexibility index (Phi) is 4.73. The van der Waals surface area contributed by atoms with E-state index in [1.807, 2.05) is 6.07 Å². The number of benzene rings is 1. The number of hydrogen-bond donors (Lipinski definition) is 3. The summed E-state index contributed by atoms with van der Waals surface area (Å²) in [5.74, 6) is 1.71. The van der Waals surface area contributed by atoms with Crippen molar-refractivity contribution in [1.82, 2.24) is 24.9 Å². The number of nitrogens with zero attached hydrogens (tertiary/aromatic N) is 3. The highest BCUT2D eigenvalue weighted by Gasteiger charge is 2.24. The number of halogens is 1. The highest BCUT2D eigenvalue weighted by atomic mass is 19.1. The molecule has 3 N–H and O–H groups in total. The summed E-state index contributed by atoms with van der Waals surface area (Å²) < 4.78 is 18.0. The van der Waals surface area contributed by atoms with Crippen molar-refractivity contribution in [3.63, 3.8) is 0 Å². The molecule has 10 heteroatoms. The van der Waals surface area contributed by atoms with Crippen LogP contribution in [-0.4, -0.2) is 39.8 Å². The van der Waals surface area contributed by atoms with Crippen LogP contribution in [0.2, 0.25) is 0 Å². The van der Waals surface area contributed by atoms with Crippen LogP contribution in [-0.2, 0) is 11.3 Å². The fraction of sp³-hybridized carbons (Fsp3) is 0.235. The molecule has 0 saturated heterocycles. The van der Waals surface area contributed by atoms with E-state index in [1.54, 1.807) is 6.92 Å². The van der Waals surface area contributed by atoms with Gasteiger partial charge in [-0.25, -0.2) is 9.18 Å². The van der Waals surface area contributed by atoms with E-state index in [9.17, 15) is 18.8 Å². The van der Waals surface area contributed by atoms with Gasteiger partial charge in [-0.15, -0.1) is 0 Å². The second-order valence-electron chi connectivity index (χ2n) is 5.85. The lowest BCUT2D eigenvalue weighted by Crippen LogP contribution is -2.49. The summed E-state index contributed by atoms with van der Waals surface area (Å²) in [7, 11) is 0. The van der Waals surface area contributed by atoms with Gasteiger partial charge < -0.3 is 10.3 Å². The number of aromatic nitrogens is 2. The van der Waals surface area contributed by atoms with Gasteiger partial charge in [0.2, 0.25) is 11.8 Å². The first-order valence-corrected chi connectivity index (χ1v) is 7.94. The standard InChI is InChI=1S/C17H13FN6O3/c1-9(15-20-6-10(5-19)7-21-15)22-14(25)8-24-16(26)12-4-11(18)2-3-13(12)23-17(24)27/h2-4,9H,6,8H2,1H3,(H2,22,23,25,26,27)/p+1/t9-/m0/s1. The lowest BCUT2D eigenvalue weighted by Gasteiger charge is -2.11. The quantitative estimate of drug-likeness (QED) is 0.565. The number of amidine groups is 1. The monoisotopic (exact) mass is 369 g/mol. The van der Waals surface area contributed by atoms with Crippen LogP contribution in [0.25, 0.3) is 10.9 Å². The van der Waals surface area contributed by atoms with Crippen LogP contribution in [0, 0.1) is 17.1 Å². The van der Waals surface area contributed by atoms with Gasteiger partial charge in [0, 0.05) is 0 Å². The largest absolute Gasteiger partial charge is 0.377 e. The molecule has 1 amide bonds. The number of fused-ring (bicyclic) bond motifs is 1. The molecule has 0 saturated carbocycles. The first-order chi connectivity index (χ1) is 12.9. The number of carbonyl (C=O) groups is 1. The minimum Gasteiger partial charge on any atom is -0.340 e. The molecule has 2 aromatic rings. The van der Waals surface area contributed by atoms with E-state index in [0.29, 0.717) is 16.0 Å². The summed E-state index contributed by atoms with van der Waals surface area (Å²) in [6.45, 7) is 1.34. The van der Waals surface area contributed by atoms with Crippen molar-refractivity contribution in [3.05, 3.63) is 50.4 Å². The van der Waals surface area contributed by atoms with Gasteiger partial charge in [0.25, 0.3) is 5.56 Å². The number of nitriles is 1. The molecule has 0 bridgehead atoms. The average Bonchev–Trinajstić information content (AvgIpc) is 2.66. The van der Waals surface area contributed by atoms with Crippen LogP contribution in [0.4, 0.5) is 4.39 Å². The van der Waals surface area contributed by atoms with Gasteiger partial charge in [0.05, 0.1) is 10.9 Å². The fourth-order valence-electron chi connectivity index (χ4n) is 2.57. The highest BCUT2D eigenvalue weighted by molar-refractivity contribution is 5.93. The van der Waals surface area contributed by atoms with Gasteiger partial charge >= 0.3 is 11.5 Å². The number of aromatic amines is 1. The predicted molar refractivity (Wildman–Crippen MR) is 95.7 cm³/mol. The normalized spacial score (nSPS) is 14.0. The Balaban J connectivity index is 1.84. The number of rotatable bonds is 4. The smallest absolute Gasteiger partial charge is 0.340 e. The Morgan fingerprint density at radius 2 is 2.30 bits per heavy atom. The summed E-state index contributed by atoms with van der Waals surface area (Å²) in [5, 5.41) is 14.2. The molecule has 0 unspecified atom stereocenters. The zero-order valence-corrected chi connectivity index (χ0v) is 14.2. The van der Waals surface area contributed by atoms with E-state index >= 15 is 0 Å². The van der Waals surface area contributed by atoms with E-state index in [4.69, 9.17) is 5.26 Å². The van der Waals surface area contributed by atoms with Gasteiger partial charge in [0.15, 0.2) is 5.57 Å². The minimum absolute atomic E-state index is 0.0301. The molecule has 1 aliphatic rings. The molecule has 1 atom stereocenters. The van der Waals surface area contributed by atoms with Crippen molar-refractivity contribution in [2.75, 3.05) is 6.54 Å². The average molecular weight is 369 g/mol. The molecule has 136 valence electrons. The Bertz CT molecular complexity index is 1210. The molecular formula is C17H14FN6O3+. The summed E-state index contributed by atoms with van der Waals surface area (Å²) in [5.41, 5.74) is -1.02. The Morgan fingerprint density at radius 1 is 1.52 bits per heavy atom. The van der Waals surface area contributed by atoms with E-state index in [-0.39, 0.29) is 17.4 Å². The summed E-state index contributed by atoms with van der Waals surface area (Å²) in [6.07, 6.45) is 0. The molecule has 1 aliphatic heterocycles. The van der Waals surface area contributed by atoms with Crippen LogP contribution in [0.1, 0.15) is 6.92 Å². The van der Waals surface area contributed by atoms with Crippen molar-refractivity contribution in [1.29, 1.82) is 5.26 Å². The summed E-state index contributed by atoms with van der Waals surface area (Å²) >= 11 is 0. The van der Waals surface area contributed by atoms with Crippen LogP contribution >= 0.6 is 0 Å². The van der Waals surface area contributed by atoms with Crippen molar-refractivity contribution >= 4 is 28.5 Å². The maximum atomic E-state index is 13.4. The van der Waals surface area contributed by atoms with Crippen molar-refractivity contribution < 1.29 is 9.18 Å². The number of hydrogen-bond acceptors (Lipinski definition) is 5. The molecule has 3 rings (SSSR count). The second kappa shape index (κ2) is 7.14. The predicted octanol–water partition coefficient (Wildman–Crippen LogP) is -1.48. The molecule has 2 heterocycles. The topological polar surface area (TPSA) is 134 Å². The number of nitrogens with one attached hydrogen (secondary N) is 3. The third kappa shape index (κ3) is 3.70. The van der Waals surface area contributed by atoms with Crippen LogP contribution in [0.5, 0.6) is 0 Å². The van der Waals surface area contributed by atoms with Crippen molar-refractivity contribution in [2.24, 2.45) is 0 Å². The minimum atomic E-state index is -0.773. The first kappa shape index (κ1) is 17.9. The number of carbonyl (C=O) groups excluding carboxylic acids is 1. The first-order valence-electron chi connectivity index (χ1n) is 7.94. The summed E-state index contributed by atoms with van der Waals surface area (Å²) in [6, 6.07) is 4.76.